The lowest BCUT2D eigenvalue weighted by molar-refractivity contribution is 0.797. The average Bonchev–Trinajstić information content (AvgIpc) is 2.49. The van der Waals surface area contributed by atoms with Crippen molar-refractivity contribution in [2.45, 2.75) is 13.8 Å². The molecular weight excluding hydrogens is 202 g/mol. The van der Waals surface area contributed by atoms with Crippen LogP contribution in [0.3, 0.4) is 0 Å². The van der Waals surface area contributed by atoms with Crippen LogP contribution in [0.2, 0.25) is 5.15 Å². The van der Waals surface area contributed by atoms with Crippen LogP contribution in [0.25, 0.3) is 5.82 Å². The number of aryl methyl sites for hydroxylation is 2. The quantitative estimate of drug-likeness (QED) is 0.665. The van der Waals surface area contributed by atoms with E-state index in [2.05, 4.69) is 20.1 Å². The highest BCUT2D eigenvalue weighted by Crippen LogP contribution is 2.10. The van der Waals surface area contributed by atoms with Crippen LogP contribution in [0.15, 0.2) is 12.4 Å². The molecule has 0 unspecified atom stereocenters. The van der Waals surface area contributed by atoms with E-state index in [1.165, 1.54) is 6.33 Å². The van der Waals surface area contributed by atoms with E-state index < -0.39 is 0 Å². The van der Waals surface area contributed by atoms with Gasteiger partial charge in [-0.05, 0) is 13.8 Å². The minimum Gasteiger partial charge on any atom is -0.221 e. The van der Waals surface area contributed by atoms with Crippen LogP contribution >= 0.6 is 11.6 Å². The summed E-state index contributed by atoms with van der Waals surface area (Å²) in [5.41, 5.74) is 0. The van der Waals surface area contributed by atoms with Gasteiger partial charge in [0.1, 0.15) is 23.1 Å². The van der Waals surface area contributed by atoms with E-state index in [1.807, 2.05) is 6.92 Å². The summed E-state index contributed by atoms with van der Waals surface area (Å²) in [4.78, 5) is 12.2. The Morgan fingerprint density at radius 1 is 1.29 bits per heavy atom. The van der Waals surface area contributed by atoms with Gasteiger partial charge in [-0.25, -0.2) is 15.0 Å². The van der Waals surface area contributed by atoms with E-state index in [0.29, 0.717) is 16.8 Å². The Kier molecular flexibility index (Phi) is 2.17. The van der Waals surface area contributed by atoms with Gasteiger partial charge in [-0.1, -0.05) is 11.6 Å². The summed E-state index contributed by atoms with van der Waals surface area (Å²) in [5.74, 6) is 2.01. The zero-order valence-electron chi connectivity index (χ0n) is 7.77. The maximum atomic E-state index is 5.81. The van der Waals surface area contributed by atoms with E-state index >= 15 is 0 Å². The first-order chi connectivity index (χ1) is 6.66. The molecule has 14 heavy (non-hydrogen) atoms. The number of rotatable bonds is 1. The lowest BCUT2D eigenvalue weighted by Gasteiger charge is -2.02. The van der Waals surface area contributed by atoms with Gasteiger partial charge in [-0.2, -0.15) is 9.78 Å². The van der Waals surface area contributed by atoms with Crippen molar-refractivity contribution in [3.8, 4) is 5.82 Å². The minimum atomic E-state index is 0.405. The molecular formula is C8H8ClN5. The highest BCUT2D eigenvalue weighted by atomic mass is 35.5. The molecule has 0 bridgehead atoms. The maximum absolute atomic E-state index is 5.81. The molecule has 0 atom stereocenters. The fourth-order valence-electron chi connectivity index (χ4n) is 1.15. The molecule has 0 saturated carbocycles. The molecule has 0 aliphatic carbocycles. The summed E-state index contributed by atoms with van der Waals surface area (Å²) >= 11 is 5.81. The molecule has 0 aromatic carbocycles. The van der Waals surface area contributed by atoms with Gasteiger partial charge in [0.25, 0.3) is 0 Å². The van der Waals surface area contributed by atoms with Gasteiger partial charge in [-0.3, -0.25) is 0 Å². The van der Waals surface area contributed by atoms with Crippen LogP contribution in [-0.2, 0) is 0 Å². The van der Waals surface area contributed by atoms with Gasteiger partial charge in [0.05, 0.1) is 0 Å². The Labute approximate surface area is 85.8 Å². The Hall–Kier alpha value is -1.49. The molecule has 72 valence electrons. The summed E-state index contributed by atoms with van der Waals surface area (Å²) in [7, 11) is 0. The molecule has 0 amide bonds. The largest absolute Gasteiger partial charge is 0.221 e. The van der Waals surface area contributed by atoms with Gasteiger partial charge in [-0.15, -0.1) is 0 Å². The van der Waals surface area contributed by atoms with Gasteiger partial charge < -0.3 is 0 Å². The van der Waals surface area contributed by atoms with Crippen molar-refractivity contribution >= 4 is 11.6 Å². The zero-order chi connectivity index (χ0) is 10.1. The number of hydrogen-bond donors (Lipinski definition) is 0. The second kappa shape index (κ2) is 3.34. The summed E-state index contributed by atoms with van der Waals surface area (Å²) in [5, 5.41) is 4.43. The molecule has 5 nitrogen and oxygen atoms in total. The molecule has 2 rings (SSSR count). The minimum absolute atomic E-state index is 0.405. The Balaban J connectivity index is 2.57. The molecule has 2 aromatic heterocycles. The van der Waals surface area contributed by atoms with Crippen molar-refractivity contribution < 1.29 is 0 Å². The number of nitrogens with zero attached hydrogens (tertiary/aromatic N) is 5. The van der Waals surface area contributed by atoms with Crippen molar-refractivity contribution in [2.24, 2.45) is 0 Å². The summed E-state index contributed by atoms with van der Waals surface area (Å²) in [6.07, 6.45) is 1.47. The van der Waals surface area contributed by atoms with Crippen LogP contribution in [0.1, 0.15) is 11.6 Å². The number of aromatic nitrogens is 5. The average molecular weight is 210 g/mol. The van der Waals surface area contributed by atoms with Crippen molar-refractivity contribution in [3.05, 3.63) is 29.2 Å². The first-order valence-corrected chi connectivity index (χ1v) is 4.43. The zero-order valence-corrected chi connectivity index (χ0v) is 8.52. The first-order valence-electron chi connectivity index (χ1n) is 4.05. The van der Waals surface area contributed by atoms with Crippen LogP contribution < -0.4 is 0 Å². The molecule has 0 N–H and O–H groups in total. The standard InChI is InChI=1S/C8H8ClN5/c1-5-12-7(9)3-8(13-5)14-6(2)10-4-11-14/h3-4H,1-2H3. The van der Waals surface area contributed by atoms with Crippen molar-refractivity contribution in [3.63, 3.8) is 0 Å². The first kappa shape index (κ1) is 9.08. The summed E-state index contributed by atoms with van der Waals surface area (Å²) < 4.78 is 1.61. The Morgan fingerprint density at radius 2 is 2.07 bits per heavy atom. The monoisotopic (exact) mass is 209 g/mol. The van der Waals surface area contributed by atoms with Crippen LogP contribution in [-0.4, -0.2) is 24.7 Å². The van der Waals surface area contributed by atoms with E-state index in [-0.39, 0.29) is 0 Å². The van der Waals surface area contributed by atoms with Gasteiger partial charge >= 0.3 is 0 Å². The van der Waals surface area contributed by atoms with Crippen LogP contribution in [0.5, 0.6) is 0 Å². The van der Waals surface area contributed by atoms with Gasteiger partial charge in [0.2, 0.25) is 0 Å². The SMILES string of the molecule is Cc1nc(Cl)cc(-n2ncnc2C)n1. The van der Waals surface area contributed by atoms with Crippen LogP contribution in [0.4, 0.5) is 0 Å². The van der Waals surface area contributed by atoms with E-state index in [4.69, 9.17) is 11.6 Å². The molecule has 0 spiro atoms. The molecule has 0 aliphatic heterocycles. The topological polar surface area (TPSA) is 56.5 Å². The van der Waals surface area contributed by atoms with Crippen LogP contribution in [0, 0.1) is 13.8 Å². The number of halogens is 1. The normalized spacial score (nSPS) is 10.5. The Morgan fingerprint density at radius 3 is 2.64 bits per heavy atom. The molecule has 6 heteroatoms. The van der Waals surface area contributed by atoms with Crippen molar-refractivity contribution in [1.29, 1.82) is 0 Å². The fourth-order valence-corrected chi connectivity index (χ4v) is 1.37. The van der Waals surface area contributed by atoms with E-state index in [9.17, 15) is 0 Å². The molecule has 0 aliphatic rings. The van der Waals surface area contributed by atoms with Gasteiger partial charge in [0.15, 0.2) is 5.82 Å². The third kappa shape index (κ3) is 1.58. The second-order valence-corrected chi connectivity index (χ2v) is 3.20. The van der Waals surface area contributed by atoms with Gasteiger partial charge in [0, 0.05) is 6.07 Å². The third-order valence-electron chi connectivity index (χ3n) is 1.73. The van der Waals surface area contributed by atoms with E-state index in [1.54, 1.807) is 17.7 Å². The predicted octanol–water partition coefficient (Wildman–Crippen LogP) is 1.33. The van der Waals surface area contributed by atoms with Crippen molar-refractivity contribution in [2.75, 3.05) is 0 Å². The fraction of sp³-hybridized carbons (Fsp3) is 0.250. The smallest absolute Gasteiger partial charge is 0.160 e. The molecule has 2 aromatic rings. The molecule has 2 heterocycles. The Bertz CT molecular complexity index is 444. The highest BCUT2D eigenvalue weighted by Gasteiger charge is 2.05. The van der Waals surface area contributed by atoms with Crippen molar-refractivity contribution in [1.82, 2.24) is 24.7 Å². The van der Waals surface area contributed by atoms with E-state index in [0.717, 1.165) is 5.82 Å². The number of hydrogen-bond acceptors (Lipinski definition) is 4. The highest BCUT2D eigenvalue weighted by molar-refractivity contribution is 6.29. The lowest BCUT2D eigenvalue weighted by Crippen LogP contribution is -2.04. The third-order valence-corrected chi connectivity index (χ3v) is 1.92. The second-order valence-electron chi connectivity index (χ2n) is 2.82. The summed E-state index contributed by atoms with van der Waals surface area (Å²) in [6.45, 7) is 3.62. The predicted molar refractivity (Wildman–Crippen MR) is 51.4 cm³/mol. The lowest BCUT2D eigenvalue weighted by atomic mass is 10.5. The molecule has 0 radical (unpaired) electrons. The molecule has 0 saturated heterocycles. The summed E-state index contributed by atoms with van der Waals surface area (Å²) in [6, 6.07) is 1.65. The maximum Gasteiger partial charge on any atom is 0.160 e. The molecule has 0 fully saturated rings.